The van der Waals surface area contributed by atoms with Crippen molar-refractivity contribution in [2.45, 2.75) is 46.6 Å². The Labute approximate surface area is 149 Å². The molecular formula is C20H27N3O2. The number of carbonyl (C=O) groups is 1. The summed E-state index contributed by atoms with van der Waals surface area (Å²) in [5.41, 5.74) is 5.86. The van der Waals surface area contributed by atoms with Gasteiger partial charge < -0.3 is 14.6 Å². The molecule has 1 amide bonds. The number of benzene rings is 1. The number of likely N-dealkylation sites (tertiary alicyclic amines) is 1. The number of aromatic amines is 1. The third kappa shape index (κ3) is 3.61. The van der Waals surface area contributed by atoms with E-state index in [2.05, 4.69) is 23.0 Å². The Balaban J connectivity index is 1.99. The van der Waals surface area contributed by atoms with Gasteiger partial charge in [-0.3, -0.25) is 4.79 Å². The van der Waals surface area contributed by atoms with E-state index < -0.39 is 0 Å². The van der Waals surface area contributed by atoms with Crippen molar-refractivity contribution < 1.29 is 9.53 Å². The Morgan fingerprint density at radius 1 is 1.16 bits per heavy atom. The van der Waals surface area contributed by atoms with E-state index in [1.165, 1.54) is 6.42 Å². The van der Waals surface area contributed by atoms with Crippen LogP contribution in [-0.2, 0) is 11.3 Å². The topological polar surface area (TPSA) is 58.2 Å². The van der Waals surface area contributed by atoms with E-state index in [-0.39, 0.29) is 5.91 Å². The Bertz CT molecular complexity index is 773. The molecule has 0 bridgehead atoms. The van der Waals surface area contributed by atoms with Crippen LogP contribution in [-0.4, -0.2) is 41.0 Å². The molecule has 0 atom stereocenters. The van der Waals surface area contributed by atoms with Gasteiger partial charge >= 0.3 is 0 Å². The summed E-state index contributed by atoms with van der Waals surface area (Å²) in [7, 11) is 1.66. The number of nitrogens with zero attached hydrogens (tertiary/aromatic N) is 2. The second-order valence-electron chi connectivity index (χ2n) is 6.93. The van der Waals surface area contributed by atoms with Crippen LogP contribution in [0.15, 0.2) is 12.1 Å². The number of imidazole rings is 1. The van der Waals surface area contributed by atoms with E-state index in [4.69, 9.17) is 4.74 Å². The molecule has 0 unspecified atom stereocenters. The number of carbonyl (C=O) groups excluding carboxylic acids is 1. The van der Waals surface area contributed by atoms with Crippen LogP contribution in [0.2, 0.25) is 0 Å². The van der Waals surface area contributed by atoms with Crippen molar-refractivity contribution >= 4 is 5.91 Å². The minimum Gasteiger partial charge on any atom is -0.377 e. The van der Waals surface area contributed by atoms with Crippen LogP contribution in [0.3, 0.4) is 0 Å². The first-order valence-electron chi connectivity index (χ1n) is 8.96. The number of hydrogen-bond acceptors (Lipinski definition) is 3. The zero-order chi connectivity index (χ0) is 18.0. The van der Waals surface area contributed by atoms with Crippen molar-refractivity contribution in [1.82, 2.24) is 14.9 Å². The maximum Gasteiger partial charge on any atom is 0.254 e. The number of aryl methyl sites for hydroxylation is 3. The summed E-state index contributed by atoms with van der Waals surface area (Å²) in [6.07, 6.45) is 3.42. The molecule has 5 nitrogen and oxygen atoms in total. The Morgan fingerprint density at radius 3 is 2.56 bits per heavy atom. The molecule has 0 spiro atoms. The van der Waals surface area contributed by atoms with Crippen molar-refractivity contribution in [3.63, 3.8) is 0 Å². The lowest BCUT2D eigenvalue weighted by atomic mass is 9.96. The standard InChI is InChI=1S/C20H27N3O2/c1-13-10-14(2)17(20(24)23-8-6-5-7-9-23)11-16(13)19-15(3)21-18(22-19)12-25-4/h10-11H,5-9,12H2,1-4H3,(H,21,22). The molecule has 0 saturated carbocycles. The van der Waals surface area contributed by atoms with Gasteiger partial charge in [-0.05, 0) is 57.2 Å². The van der Waals surface area contributed by atoms with Gasteiger partial charge in [0.25, 0.3) is 5.91 Å². The van der Waals surface area contributed by atoms with Crippen molar-refractivity contribution in [3.05, 3.63) is 40.3 Å². The van der Waals surface area contributed by atoms with Gasteiger partial charge in [-0.15, -0.1) is 0 Å². The molecule has 5 heteroatoms. The van der Waals surface area contributed by atoms with Crippen molar-refractivity contribution in [3.8, 4) is 11.3 Å². The third-order valence-electron chi connectivity index (χ3n) is 4.91. The zero-order valence-corrected chi connectivity index (χ0v) is 15.6. The number of nitrogens with one attached hydrogen (secondary N) is 1. The largest absolute Gasteiger partial charge is 0.377 e. The molecule has 1 aromatic heterocycles. The predicted molar refractivity (Wildman–Crippen MR) is 98.7 cm³/mol. The van der Waals surface area contributed by atoms with E-state index in [1.54, 1.807) is 7.11 Å². The molecule has 1 N–H and O–H groups in total. The highest BCUT2D eigenvalue weighted by Crippen LogP contribution is 2.29. The molecule has 0 radical (unpaired) electrons. The van der Waals surface area contributed by atoms with E-state index in [1.807, 2.05) is 24.8 Å². The van der Waals surface area contributed by atoms with Crippen molar-refractivity contribution in [2.24, 2.45) is 0 Å². The normalized spacial score (nSPS) is 14.8. The summed E-state index contributed by atoms with van der Waals surface area (Å²) in [5, 5.41) is 0. The SMILES string of the molecule is COCc1nc(-c2cc(C(=O)N3CCCCC3)c(C)cc2C)c(C)[nH]1. The zero-order valence-electron chi connectivity index (χ0n) is 15.6. The van der Waals surface area contributed by atoms with Gasteiger partial charge in [0.1, 0.15) is 12.4 Å². The second kappa shape index (κ2) is 7.40. The molecule has 2 heterocycles. The fourth-order valence-electron chi connectivity index (χ4n) is 3.59. The van der Waals surface area contributed by atoms with Crippen LogP contribution < -0.4 is 0 Å². The number of hydrogen-bond donors (Lipinski definition) is 1. The molecule has 25 heavy (non-hydrogen) atoms. The minimum atomic E-state index is 0.142. The van der Waals surface area contributed by atoms with Crippen LogP contribution in [0.1, 0.15) is 52.3 Å². The number of amides is 1. The quantitative estimate of drug-likeness (QED) is 0.921. The monoisotopic (exact) mass is 341 g/mol. The highest BCUT2D eigenvalue weighted by Gasteiger charge is 2.22. The Hall–Kier alpha value is -2.14. The lowest BCUT2D eigenvalue weighted by Gasteiger charge is -2.27. The van der Waals surface area contributed by atoms with E-state index in [9.17, 15) is 4.79 Å². The molecule has 0 aliphatic carbocycles. The van der Waals surface area contributed by atoms with Crippen LogP contribution >= 0.6 is 0 Å². The first-order valence-corrected chi connectivity index (χ1v) is 8.96. The van der Waals surface area contributed by atoms with Crippen LogP contribution in [0.25, 0.3) is 11.3 Å². The fraction of sp³-hybridized carbons (Fsp3) is 0.500. The number of methoxy groups -OCH3 is 1. The lowest BCUT2D eigenvalue weighted by Crippen LogP contribution is -2.36. The average molecular weight is 341 g/mol. The molecule has 1 saturated heterocycles. The van der Waals surface area contributed by atoms with Gasteiger partial charge in [-0.1, -0.05) is 6.07 Å². The van der Waals surface area contributed by atoms with Crippen LogP contribution in [0, 0.1) is 20.8 Å². The molecule has 1 aliphatic heterocycles. The van der Waals surface area contributed by atoms with Gasteiger partial charge in [0.05, 0.1) is 5.69 Å². The minimum absolute atomic E-state index is 0.142. The maximum absolute atomic E-state index is 13.0. The van der Waals surface area contributed by atoms with E-state index in [0.29, 0.717) is 6.61 Å². The number of aromatic nitrogens is 2. The number of H-pyrrole nitrogens is 1. The van der Waals surface area contributed by atoms with Gasteiger partial charge in [0.15, 0.2) is 0 Å². The molecule has 134 valence electrons. The summed E-state index contributed by atoms with van der Waals surface area (Å²) in [4.78, 5) is 22.9. The van der Waals surface area contributed by atoms with Gasteiger partial charge in [-0.2, -0.15) is 0 Å². The third-order valence-corrected chi connectivity index (χ3v) is 4.91. The van der Waals surface area contributed by atoms with Crippen molar-refractivity contribution in [1.29, 1.82) is 0 Å². The first kappa shape index (κ1) is 17.7. The van der Waals surface area contributed by atoms with E-state index in [0.717, 1.165) is 65.4 Å². The summed E-state index contributed by atoms with van der Waals surface area (Å²) in [6, 6.07) is 4.11. The lowest BCUT2D eigenvalue weighted by molar-refractivity contribution is 0.0723. The summed E-state index contributed by atoms with van der Waals surface area (Å²) in [6.45, 7) is 8.27. The number of ether oxygens (including phenoxy) is 1. The summed E-state index contributed by atoms with van der Waals surface area (Å²) < 4.78 is 5.17. The number of piperidine rings is 1. The fourth-order valence-corrected chi connectivity index (χ4v) is 3.59. The molecule has 1 aromatic carbocycles. The molecular weight excluding hydrogens is 314 g/mol. The predicted octanol–water partition coefficient (Wildman–Crippen LogP) is 3.77. The van der Waals surface area contributed by atoms with Crippen molar-refractivity contribution in [2.75, 3.05) is 20.2 Å². The first-order chi connectivity index (χ1) is 12.0. The molecule has 2 aromatic rings. The van der Waals surface area contributed by atoms with Gasteiger partial charge in [-0.25, -0.2) is 4.98 Å². The van der Waals surface area contributed by atoms with Crippen LogP contribution in [0.5, 0.6) is 0 Å². The highest BCUT2D eigenvalue weighted by molar-refractivity contribution is 5.97. The Morgan fingerprint density at radius 2 is 1.88 bits per heavy atom. The van der Waals surface area contributed by atoms with Gasteiger partial charge in [0.2, 0.25) is 0 Å². The van der Waals surface area contributed by atoms with Crippen LogP contribution in [0.4, 0.5) is 0 Å². The van der Waals surface area contributed by atoms with E-state index >= 15 is 0 Å². The molecule has 3 rings (SSSR count). The molecule has 1 aliphatic rings. The maximum atomic E-state index is 13.0. The summed E-state index contributed by atoms with van der Waals surface area (Å²) in [5.74, 6) is 0.947. The Kier molecular flexibility index (Phi) is 5.23. The highest BCUT2D eigenvalue weighted by atomic mass is 16.5. The number of rotatable bonds is 4. The van der Waals surface area contributed by atoms with Gasteiger partial charge in [0, 0.05) is 37.0 Å². The average Bonchev–Trinajstić information content (AvgIpc) is 2.96. The second-order valence-corrected chi connectivity index (χ2v) is 6.93. The molecule has 1 fully saturated rings. The summed E-state index contributed by atoms with van der Waals surface area (Å²) >= 11 is 0. The smallest absolute Gasteiger partial charge is 0.254 e.